The predicted molar refractivity (Wildman–Crippen MR) is 62.4 cm³/mol. The fourth-order valence-electron chi connectivity index (χ4n) is 4.21. The summed E-state index contributed by atoms with van der Waals surface area (Å²) in [4.78, 5) is 0. The molecule has 2 saturated carbocycles. The van der Waals surface area contributed by atoms with E-state index >= 15 is 0 Å². The van der Waals surface area contributed by atoms with Crippen molar-refractivity contribution in [1.82, 2.24) is 5.32 Å². The van der Waals surface area contributed by atoms with Gasteiger partial charge < -0.3 is 5.32 Å². The second kappa shape index (κ2) is 3.62. The molecule has 100 valence electrons. The van der Waals surface area contributed by atoms with Gasteiger partial charge in [-0.25, -0.2) is 13.2 Å². The maximum atomic E-state index is 14.7. The van der Waals surface area contributed by atoms with E-state index < -0.39 is 22.5 Å². The average Bonchev–Trinajstić information content (AvgIpc) is 2.10. The largest absolute Gasteiger partial charge is 0.314 e. The van der Waals surface area contributed by atoms with Crippen LogP contribution in [0.2, 0.25) is 0 Å². The van der Waals surface area contributed by atoms with Crippen LogP contribution in [0.1, 0.15) is 52.4 Å². The molecule has 0 amide bonds. The lowest BCUT2D eigenvalue weighted by Crippen LogP contribution is -2.63. The monoisotopic (exact) mass is 249 g/mol. The van der Waals surface area contributed by atoms with Crippen LogP contribution in [0.15, 0.2) is 0 Å². The molecule has 0 aliphatic heterocycles. The van der Waals surface area contributed by atoms with Gasteiger partial charge in [0.2, 0.25) is 0 Å². The van der Waals surface area contributed by atoms with Crippen molar-refractivity contribution in [2.24, 2.45) is 0 Å². The molecule has 2 unspecified atom stereocenters. The molecule has 2 fully saturated rings. The zero-order chi connectivity index (χ0) is 12.9. The number of hydrogen-bond donors (Lipinski definition) is 1. The molecular weight excluding hydrogens is 227 g/mol. The molecule has 0 saturated heterocycles. The highest BCUT2D eigenvalue weighted by Crippen LogP contribution is 2.57. The summed E-state index contributed by atoms with van der Waals surface area (Å²) in [6.45, 7) is 3.26. The van der Waals surface area contributed by atoms with Crippen molar-refractivity contribution in [3.8, 4) is 0 Å². The Morgan fingerprint density at radius 2 is 1.41 bits per heavy atom. The van der Waals surface area contributed by atoms with E-state index in [-0.39, 0.29) is 32.1 Å². The average molecular weight is 249 g/mol. The number of rotatable bonds is 2. The molecule has 0 aromatic heterocycles. The number of fused-ring (bicyclic) bond motifs is 2. The van der Waals surface area contributed by atoms with Crippen molar-refractivity contribution in [2.45, 2.75) is 74.9 Å². The third kappa shape index (κ3) is 2.33. The van der Waals surface area contributed by atoms with Gasteiger partial charge in [-0.2, -0.15) is 0 Å². The minimum Gasteiger partial charge on any atom is -0.314 e. The molecule has 1 nitrogen and oxygen atoms in total. The Hall–Kier alpha value is -0.250. The van der Waals surface area contributed by atoms with Crippen LogP contribution in [0, 0.1) is 0 Å². The quantitative estimate of drug-likeness (QED) is 0.790. The molecule has 0 radical (unpaired) electrons. The minimum atomic E-state index is -1.71. The number of halogens is 3. The van der Waals surface area contributed by atoms with Gasteiger partial charge in [0.1, 0.15) is 17.0 Å². The van der Waals surface area contributed by atoms with Crippen LogP contribution in [0.3, 0.4) is 0 Å². The summed E-state index contributed by atoms with van der Waals surface area (Å²) in [5.41, 5.74) is -5.63. The van der Waals surface area contributed by atoms with Gasteiger partial charge in [-0.3, -0.25) is 0 Å². The van der Waals surface area contributed by atoms with Gasteiger partial charge in [0, 0.05) is 24.8 Å². The molecule has 2 atom stereocenters. The van der Waals surface area contributed by atoms with Crippen molar-refractivity contribution in [2.75, 3.05) is 7.05 Å². The van der Waals surface area contributed by atoms with Crippen molar-refractivity contribution in [3.05, 3.63) is 0 Å². The first-order chi connectivity index (χ1) is 7.66. The van der Waals surface area contributed by atoms with Crippen LogP contribution >= 0.6 is 0 Å². The Morgan fingerprint density at radius 1 is 0.941 bits per heavy atom. The minimum absolute atomic E-state index is 0.136. The molecule has 0 aromatic carbocycles. The van der Waals surface area contributed by atoms with Crippen molar-refractivity contribution in [3.63, 3.8) is 0 Å². The van der Waals surface area contributed by atoms with Crippen molar-refractivity contribution >= 4 is 0 Å². The van der Waals surface area contributed by atoms with E-state index in [4.69, 9.17) is 0 Å². The van der Waals surface area contributed by atoms with Crippen LogP contribution in [0.25, 0.3) is 0 Å². The molecule has 0 aromatic rings. The molecular formula is C13H22F3N. The summed E-state index contributed by atoms with van der Waals surface area (Å²) in [6.07, 6.45) is 0.632. The molecule has 2 aliphatic carbocycles. The Labute approximate surface area is 101 Å². The second-order valence-corrected chi connectivity index (χ2v) is 6.48. The molecule has 1 N–H and O–H groups in total. The van der Waals surface area contributed by atoms with E-state index in [1.807, 2.05) is 6.92 Å². The Kier molecular flexibility index (Phi) is 2.81. The van der Waals surface area contributed by atoms with Gasteiger partial charge >= 0.3 is 0 Å². The summed E-state index contributed by atoms with van der Waals surface area (Å²) in [6, 6.07) is 0. The van der Waals surface area contributed by atoms with E-state index in [0.717, 1.165) is 0 Å². The molecule has 17 heavy (non-hydrogen) atoms. The second-order valence-electron chi connectivity index (χ2n) is 6.48. The fourth-order valence-corrected chi connectivity index (χ4v) is 4.21. The summed E-state index contributed by atoms with van der Waals surface area (Å²) >= 11 is 0. The van der Waals surface area contributed by atoms with E-state index in [0.29, 0.717) is 6.42 Å². The first kappa shape index (κ1) is 13.2. The summed E-state index contributed by atoms with van der Waals surface area (Å²) in [7, 11) is 1.74. The third-order valence-electron chi connectivity index (χ3n) is 4.52. The van der Waals surface area contributed by atoms with E-state index in [1.165, 1.54) is 6.92 Å². The number of alkyl halides is 3. The maximum Gasteiger partial charge on any atom is 0.118 e. The van der Waals surface area contributed by atoms with E-state index in [2.05, 4.69) is 5.32 Å². The highest BCUT2D eigenvalue weighted by Gasteiger charge is 2.62. The highest BCUT2D eigenvalue weighted by atomic mass is 19.2. The highest BCUT2D eigenvalue weighted by molar-refractivity contribution is 5.15. The van der Waals surface area contributed by atoms with Crippen LogP contribution in [-0.4, -0.2) is 29.6 Å². The molecule has 2 aliphatic rings. The summed E-state index contributed by atoms with van der Waals surface area (Å²) in [5.74, 6) is 0. The van der Waals surface area contributed by atoms with E-state index in [9.17, 15) is 13.2 Å². The lowest BCUT2D eigenvalue weighted by Gasteiger charge is -2.55. The number of nitrogens with one attached hydrogen (secondary N) is 1. The molecule has 2 bridgehead atoms. The maximum absolute atomic E-state index is 14.7. The molecule has 4 heteroatoms. The topological polar surface area (TPSA) is 12.0 Å². The first-order valence-corrected chi connectivity index (χ1v) is 6.41. The molecule has 2 rings (SSSR count). The van der Waals surface area contributed by atoms with Gasteiger partial charge in [0.05, 0.1) is 0 Å². The van der Waals surface area contributed by atoms with Crippen LogP contribution in [0.5, 0.6) is 0 Å². The standard InChI is InChI=1S/C13H22F3N/c1-4-13(17-3)8-11(15)5-10(2,14)6-12(16,7-11)9-13/h17H,4-9H2,1-3H3. The normalized spacial score (nSPS) is 54.7. The first-order valence-electron chi connectivity index (χ1n) is 6.41. The van der Waals surface area contributed by atoms with Crippen LogP contribution in [-0.2, 0) is 0 Å². The zero-order valence-electron chi connectivity index (χ0n) is 10.9. The van der Waals surface area contributed by atoms with Gasteiger partial charge in [0.25, 0.3) is 0 Å². The third-order valence-corrected chi connectivity index (χ3v) is 4.52. The van der Waals surface area contributed by atoms with Gasteiger partial charge in [0.15, 0.2) is 0 Å². The lowest BCUT2D eigenvalue weighted by molar-refractivity contribution is -0.136. The molecule has 0 spiro atoms. The Morgan fingerprint density at radius 3 is 1.76 bits per heavy atom. The van der Waals surface area contributed by atoms with Gasteiger partial charge in [-0.15, -0.1) is 0 Å². The van der Waals surface area contributed by atoms with Crippen molar-refractivity contribution in [1.29, 1.82) is 0 Å². The Bertz CT molecular complexity index is 282. The molecule has 0 heterocycles. The van der Waals surface area contributed by atoms with Gasteiger partial charge in [-0.1, -0.05) is 6.92 Å². The Balaban J connectivity index is 2.33. The van der Waals surface area contributed by atoms with Crippen LogP contribution < -0.4 is 5.32 Å². The lowest BCUT2D eigenvalue weighted by atomic mass is 9.58. The predicted octanol–water partition coefficient (Wildman–Crippen LogP) is 3.48. The number of hydrogen-bond acceptors (Lipinski definition) is 1. The zero-order valence-corrected chi connectivity index (χ0v) is 10.9. The van der Waals surface area contributed by atoms with Crippen LogP contribution in [0.4, 0.5) is 13.2 Å². The van der Waals surface area contributed by atoms with Crippen molar-refractivity contribution < 1.29 is 13.2 Å². The fraction of sp³-hybridized carbons (Fsp3) is 1.00. The van der Waals surface area contributed by atoms with E-state index in [1.54, 1.807) is 7.05 Å². The smallest absolute Gasteiger partial charge is 0.118 e. The SMILES string of the molecule is CCC1(NC)CC2(F)CC(C)(F)CC(F)(C2)C1. The summed E-state index contributed by atoms with van der Waals surface area (Å²) < 4.78 is 43.4. The summed E-state index contributed by atoms with van der Waals surface area (Å²) in [5, 5.41) is 3.07. The van der Waals surface area contributed by atoms with Gasteiger partial charge in [-0.05, 0) is 33.2 Å².